The number of nitrogens with two attached hydrogens (primary N) is 2. The average molecular weight is 201 g/mol. The van der Waals surface area contributed by atoms with Crippen molar-refractivity contribution in [1.82, 2.24) is 0 Å². The molecule has 6 heteroatoms. The van der Waals surface area contributed by atoms with Crippen molar-refractivity contribution in [1.29, 1.82) is 0 Å². The topological polar surface area (TPSA) is 108 Å². The van der Waals surface area contributed by atoms with Crippen LogP contribution in [0.4, 0.5) is 0 Å². The minimum Gasteiger partial charge on any atom is -0.440 e. The molecule has 0 saturated heterocycles. The molecular formula is C8H15N3O3. The van der Waals surface area contributed by atoms with Crippen LogP contribution in [0.2, 0.25) is 0 Å². The van der Waals surface area contributed by atoms with E-state index in [-0.39, 0.29) is 6.73 Å². The Morgan fingerprint density at radius 1 is 1.50 bits per heavy atom. The van der Waals surface area contributed by atoms with Gasteiger partial charge in [0.05, 0.1) is 0 Å². The Morgan fingerprint density at radius 2 is 2.21 bits per heavy atom. The number of carbonyl (C=O) groups excluding carboxylic acids is 2. The molecule has 0 heterocycles. The van der Waals surface area contributed by atoms with E-state index in [1.807, 2.05) is 0 Å². The fourth-order valence-electron chi connectivity index (χ4n) is 0.856. The zero-order valence-electron chi connectivity index (χ0n) is 7.94. The number of isocyanates is 1. The zero-order valence-corrected chi connectivity index (χ0v) is 7.94. The van der Waals surface area contributed by atoms with E-state index in [2.05, 4.69) is 9.73 Å². The van der Waals surface area contributed by atoms with Gasteiger partial charge in [0.15, 0.2) is 6.73 Å². The summed E-state index contributed by atoms with van der Waals surface area (Å²) in [5, 5.41) is 0. The normalized spacial score (nSPS) is 11.6. The van der Waals surface area contributed by atoms with Crippen molar-refractivity contribution < 1.29 is 14.3 Å². The maximum Gasteiger partial charge on any atom is 0.324 e. The summed E-state index contributed by atoms with van der Waals surface area (Å²) >= 11 is 0. The molecule has 0 radical (unpaired) electrons. The average Bonchev–Trinajstić information content (AvgIpc) is 2.18. The molecule has 0 aliphatic heterocycles. The summed E-state index contributed by atoms with van der Waals surface area (Å²) < 4.78 is 4.55. The fraction of sp³-hybridized carbons (Fsp3) is 0.750. The van der Waals surface area contributed by atoms with Gasteiger partial charge in [-0.3, -0.25) is 4.79 Å². The fourth-order valence-corrected chi connectivity index (χ4v) is 0.856. The van der Waals surface area contributed by atoms with Gasteiger partial charge in [-0.1, -0.05) is 6.42 Å². The molecule has 6 nitrogen and oxygen atoms in total. The van der Waals surface area contributed by atoms with Crippen molar-refractivity contribution in [2.75, 3.05) is 13.3 Å². The van der Waals surface area contributed by atoms with Gasteiger partial charge in [-0.2, -0.15) is 4.99 Å². The molecule has 0 saturated carbocycles. The Morgan fingerprint density at radius 3 is 2.79 bits per heavy atom. The number of esters is 1. The van der Waals surface area contributed by atoms with Gasteiger partial charge >= 0.3 is 5.97 Å². The van der Waals surface area contributed by atoms with Crippen molar-refractivity contribution >= 4 is 12.0 Å². The first kappa shape index (κ1) is 12.8. The van der Waals surface area contributed by atoms with Gasteiger partial charge in [0.25, 0.3) is 0 Å². The van der Waals surface area contributed by atoms with E-state index >= 15 is 0 Å². The number of rotatable bonds is 7. The monoisotopic (exact) mass is 201 g/mol. The molecule has 0 amide bonds. The van der Waals surface area contributed by atoms with Gasteiger partial charge in [-0.15, -0.1) is 0 Å². The molecule has 0 spiro atoms. The Labute approximate surface area is 82.3 Å². The maximum atomic E-state index is 11.0. The molecule has 0 bridgehead atoms. The third-order valence-electron chi connectivity index (χ3n) is 1.61. The van der Waals surface area contributed by atoms with E-state index in [4.69, 9.17) is 11.5 Å². The SMILES string of the molecule is NCCCC[C@H](N)C(=O)OCN=C=O. The van der Waals surface area contributed by atoms with Crippen molar-refractivity contribution in [2.45, 2.75) is 25.3 Å². The van der Waals surface area contributed by atoms with E-state index in [9.17, 15) is 9.59 Å². The summed E-state index contributed by atoms with van der Waals surface area (Å²) in [6, 6.07) is -0.664. The van der Waals surface area contributed by atoms with Gasteiger partial charge in [0, 0.05) is 0 Å². The third-order valence-corrected chi connectivity index (χ3v) is 1.61. The molecule has 0 aliphatic carbocycles. The molecule has 4 N–H and O–H groups in total. The first-order valence-electron chi connectivity index (χ1n) is 4.38. The predicted octanol–water partition coefficient (Wildman–Crippen LogP) is -0.721. The largest absolute Gasteiger partial charge is 0.440 e. The van der Waals surface area contributed by atoms with Crippen LogP contribution in [0.15, 0.2) is 4.99 Å². The first-order chi connectivity index (χ1) is 6.72. The van der Waals surface area contributed by atoms with Crippen molar-refractivity contribution in [3.63, 3.8) is 0 Å². The van der Waals surface area contributed by atoms with E-state index < -0.39 is 12.0 Å². The van der Waals surface area contributed by atoms with E-state index in [1.165, 1.54) is 6.08 Å². The standard InChI is InChI=1S/C8H15N3O3/c9-4-2-1-3-7(10)8(13)14-6-11-5-12/h7H,1-4,6,9-10H2/t7-/m0/s1. The van der Waals surface area contributed by atoms with Crippen LogP contribution in [0.3, 0.4) is 0 Å². The molecule has 0 unspecified atom stereocenters. The molecule has 80 valence electrons. The highest BCUT2D eigenvalue weighted by molar-refractivity contribution is 5.75. The highest BCUT2D eigenvalue weighted by Gasteiger charge is 2.13. The van der Waals surface area contributed by atoms with Crippen LogP contribution >= 0.6 is 0 Å². The van der Waals surface area contributed by atoms with Gasteiger partial charge in [-0.05, 0) is 19.4 Å². The number of carbonyl (C=O) groups is 1. The second-order valence-electron chi connectivity index (χ2n) is 2.73. The molecular weight excluding hydrogens is 186 g/mol. The molecule has 0 aromatic carbocycles. The molecule has 14 heavy (non-hydrogen) atoms. The smallest absolute Gasteiger partial charge is 0.324 e. The summed E-state index contributed by atoms with van der Waals surface area (Å²) in [4.78, 5) is 23.7. The number of unbranched alkanes of at least 4 members (excludes halogenated alkanes) is 1. The minimum atomic E-state index is -0.664. The quantitative estimate of drug-likeness (QED) is 0.244. The van der Waals surface area contributed by atoms with Gasteiger partial charge in [-0.25, -0.2) is 4.79 Å². The lowest BCUT2D eigenvalue weighted by atomic mass is 10.1. The van der Waals surface area contributed by atoms with Crippen LogP contribution in [-0.4, -0.2) is 31.4 Å². The highest BCUT2D eigenvalue weighted by atomic mass is 16.5. The van der Waals surface area contributed by atoms with Gasteiger partial charge in [0.1, 0.15) is 6.04 Å². The second-order valence-corrected chi connectivity index (χ2v) is 2.73. The number of ether oxygens (including phenoxy) is 1. The molecule has 0 aromatic rings. The third kappa shape index (κ3) is 6.30. The van der Waals surface area contributed by atoms with E-state index in [0.717, 1.165) is 12.8 Å². The zero-order chi connectivity index (χ0) is 10.8. The maximum absolute atomic E-state index is 11.0. The Balaban J connectivity index is 3.59. The summed E-state index contributed by atoms with van der Waals surface area (Å²) in [5.74, 6) is -0.555. The lowest BCUT2D eigenvalue weighted by Gasteiger charge is -2.08. The summed E-state index contributed by atoms with van der Waals surface area (Å²) in [6.07, 6.45) is 3.39. The molecule has 0 fully saturated rings. The van der Waals surface area contributed by atoms with Crippen molar-refractivity contribution in [3.05, 3.63) is 0 Å². The molecule has 0 rings (SSSR count). The van der Waals surface area contributed by atoms with Crippen LogP contribution in [0, 0.1) is 0 Å². The molecule has 0 aromatic heterocycles. The number of nitrogens with zero attached hydrogens (tertiary/aromatic N) is 1. The molecule has 0 aliphatic rings. The Bertz CT molecular complexity index is 214. The van der Waals surface area contributed by atoms with Gasteiger partial charge < -0.3 is 16.2 Å². The van der Waals surface area contributed by atoms with Crippen LogP contribution in [0.5, 0.6) is 0 Å². The highest BCUT2D eigenvalue weighted by Crippen LogP contribution is 1.99. The summed E-state index contributed by atoms with van der Waals surface area (Å²) in [6.45, 7) is 0.268. The lowest BCUT2D eigenvalue weighted by Crippen LogP contribution is -2.32. The van der Waals surface area contributed by atoms with E-state index in [0.29, 0.717) is 13.0 Å². The van der Waals surface area contributed by atoms with Crippen LogP contribution in [0.25, 0.3) is 0 Å². The lowest BCUT2D eigenvalue weighted by molar-refractivity contribution is -0.145. The second kappa shape index (κ2) is 8.37. The van der Waals surface area contributed by atoms with Crippen LogP contribution in [-0.2, 0) is 14.3 Å². The Hall–Kier alpha value is -1.23. The number of aliphatic imine (C=N–C) groups is 1. The minimum absolute atomic E-state index is 0.313. The predicted molar refractivity (Wildman–Crippen MR) is 50.0 cm³/mol. The van der Waals surface area contributed by atoms with Crippen molar-refractivity contribution in [2.24, 2.45) is 16.5 Å². The summed E-state index contributed by atoms with van der Waals surface area (Å²) in [5.41, 5.74) is 10.8. The van der Waals surface area contributed by atoms with E-state index in [1.54, 1.807) is 0 Å². The van der Waals surface area contributed by atoms with Gasteiger partial charge in [0.2, 0.25) is 6.08 Å². The number of hydrogen-bond acceptors (Lipinski definition) is 6. The van der Waals surface area contributed by atoms with Crippen molar-refractivity contribution in [3.8, 4) is 0 Å². The van der Waals surface area contributed by atoms with Crippen LogP contribution < -0.4 is 11.5 Å². The first-order valence-corrected chi connectivity index (χ1v) is 4.38. The van der Waals surface area contributed by atoms with Crippen LogP contribution in [0.1, 0.15) is 19.3 Å². The molecule has 1 atom stereocenters. The summed E-state index contributed by atoms with van der Waals surface area (Å²) in [7, 11) is 0. The number of hydrogen-bond donors (Lipinski definition) is 2. The Kier molecular flexibility index (Phi) is 7.64.